The van der Waals surface area contributed by atoms with Crippen LogP contribution in [0, 0.1) is 5.41 Å². The number of thiazole rings is 1. The van der Waals surface area contributed by atoms with E-state index in [2.05, 4.69) is 17.2 Å². The Bertz CT molecular complexity index is 492. The minimum Gasteiger partial charge on any atom is -0.392 e. The maximum atomic E-state index is 12.5. The number of nitrogens with zero attached hydrogens (tertiary/aromatic N) is 1. The molecule has 0 aromatic carbocycles. The van der Waals surface area contributed by atoms with Crippen molar-refractivity contribution in [2.75, 3.05) is 0 Å². The minimum atomic E-state index is -0.640. The molecule has 0 aliphatic heterocycles. The van der Waals surface area contributed by atoms with Crippen molar-refractivity contribution in [3.63, 3.8) is 0 Å². The summed E-state index contributed by atoms with van der Waals surface area (Å²) in [6.07, 6.45) is 7.57. The zero-order chi connectivity index (χ0) is 14.6. The average molecular weight is 311 g/mol. The molecule has 110 valence electrons. The standard InChI is InChI=1S/C14H21N3OS2/c1-2-10-8-16-11(20-10)9-17-13(18)14(12(15)19)6-4-3-5-7-14/h8H,2-7,9H2,1H3,(H2,15,19)(H,17,18). The Morgan fingerprint density at radius 3 is 2.75 bits per heavy atom. The van der Waals surface area contributed by atoms with Gasteiger partial charge in [-0.1, -0.05) is 38.4 Å². The van der Waals surface area contributed by atoms with Crippen LogP contribution in [0.1, 0.15) is 48.9 Å². The Kier molecular flexibility index (Phi) is 5.10. The zero-order valence-electron chi connectivity index (χ0n) is 11.8. The van der Waals surface area contributed by atoms with Gasteiger partial charge in [0, 0.05) is 11.1 Å². The third-order valence-electron chi connectivity index (χ3n) is 3.96. The molecule has 1 amide bonds. The second-order valence-electron chi connectivity index (χ2n) is 5.26. The largest absolute Gasteiger partial charge is 0.392 e. The highest BCUT2D eigenvalue weighted by Crippen LogP contribution is 2.37. The molecule has 0 radical (unpaired) electrons. The zero-order valence-corrected chi connectivity index (χ0v) is 13.4. The average Bonchev–Trinajstić information content (AvgIpc) is 2.93. The smallest absolute Gasteiger partial charge is 0.233 e. The Hall–Kier alpha value is -1.01. The lowest BCUT2D eigenvalue weighted by atomic mass is 9.73. The number of carbonyl (C=O) groups is 1. The molecule has 1 aromatic rings. The monoisotopic (exact) mass is 311 g/mol. The van der Waals surface area contributed by atoms with Gasteiger partial charge in [0.2, 0.25) is 5.91 Å². The van der Waals surface area contributed by atoms with E-state index < -0.39 is 5.41 Å². The van der Waals surface area contributed by atoms with E-state index in [1.807, 2.05) is 6.20 Å². The van der Waals surface area contributed by atoms with Crippen LogP contribution in [-0.2, 0) is 17.8 Å². The molecule has 4 nitrogen and oxygen atoms in total. The predicted octanol–water partition coefficient (Wildman–Crippen LogP) is 2.56. The summed E-state index contributed by atoms with van der Waals surface area (Å²) in [6, 6.07) is 0. The molecule has 0 saturated heterocycles. The van der Waals surface area contributed by atoms with E-state index in [0.29, 0.717) is 11.5 Å². The second-order valence-corrected chi connectivity index (χ2v) is 6.90. The van der Waals surface area contributed by atoms with Gasteiger partial charge < -0.3 is 11.1 Å². The van der Waals surface area contributed by atoms with E-state index in [9.17, 15) is 4.79 Å². The van der Waals surface area contributed by atoms with Gasteiger partial charge in [0.05, 0.1) is 16.9 Å². The molecule has 6 heteroatoms. The summed E-state index contributed by atoms with van der Waals surface area (Å²) in [5, 5.41) is 3.90. The Balaban J connectivity index is 2.00. The number of hydrogen-bond donors (Lipinski definition) is 2. The summed E-state index contributed by atoms with van der Waals surface area (Å²) in [5.41, 5.74) is 5.21. The van der Waals surface area contributed by atoms with Crippen molar-refractivity contribution >= 4 is 34.5 Å². The van der Waals surface area contributed by atoms with Gasteiger partial charge in [0.15, 0.2) is 0 Å². The molecule has 0 unspecified atom stereocenters. The van der Waals surface area contributed by atoms with Crippen molar-refractivity contribution in [3.05, 3.63) is 16.1 Å². The summed E-state index contributed by atoms with van der Waals surface area (Å²) in [5.74, 6) is -0.0297. The summed E-state index contributed by atoms with van der Waals surface area (Å²) in [7, 11) is 0. The first-order chi connectivity index (χ1) is 9.58. The summed E-state index contributed by atoms with van der Waals surface area (Å²) in [6.45, 7) is 2.56. The van der Waals surface area contributed by atoms with Crippen LogP contribution in [0.15, 0.2) is 6.20 Å². The third kappa shape index (κ3) is 3.17. The number of aryl methyl sites for hydroxylation is 1. The van der Waals surface area contributed by atoms with Crippen LogP contribution < -0.4 is 11.1 Å². The lowest BCUT2D eigenvalue weighted by Crippen LogP contribution is -2.49. The second kappa shape index (κ2) is 6.63. The number of hydrogen-bond acceptors (Lipinski definition) is 4. The fourth-order valence-corrected chi connectivity index (χ4v) is 3.76. The molecule has 1 fully saturated rings. The molecule has 1 heterocycles. The minimum absolute atomic E-state index is 0.0297. The van der Waals surface area contributed by atoms with Gasteiger partial charge in [-0.05, 0) is 19.3 Å². The first kappa shape index (κ1) is 15.4. The summed E-state index contributed by atoms with van der Waals surface area (Å²) in [4.78, 5) is 18.4. The number of thiocarbonyl (C=S) groups is 1. The molecule has 1 aliphatic rings. The highest BCUT2D eigenvalue weighted by molar-refractivity contribution is 7.80. The lowest BCUT2D eigenvalue weighted by molar-refractivity contribution is -0.129. The number of nitrogens with one attached hydrogen (secondary N) is 1. The van der Waals surface area contributed by atoms with E-state index in [1.54, 1.807) is 11.3 Å². The number of carbonyl (C=O) groups excluding carboxylic acids is 1. The molecule has 1 saturated carbocycles. The van der Waals surface area contributed by atoms with Gasteiger partial charge in [0.1, 0.15) is 5.01 Å². The normalized spacial score (nSPS) is 17.6. The predicted molar refractivity (Wildman–Crippen MR) is 85.6 cm³/mol. The molecule has 1 aliphatic carbocycles. The van der Waals surface area contributed by atoms with Crippen molar-refractivity contribution in [2.45, 2.75) is 52.0 Å². The fourth-order valence-electron chi connectivity index (χ4n) is 2.66. The SMILES string of the molecule is CCc1cnc(CNC(=O)C2(C(N)=S)CCCCC2)s1. The third-order valence-corrected chi connectivity index (χ3v) is 5.50. The highest BCUT2D eigenvalue weighted by atomic mass is 32.1. The van der Waals surface area contributed by atoms with Crippen LogP contribution in [-0.4, -0.2) is 15.9 Å². The molecule has 0 spiro atoms. The fraction of sp³-hybridized carbons (Fsp3) is 0.643. The summed E-state index contributed by atoms with van der Waals surface area (Å²) >= 11 is 6.80. The van der Waals surface area contributed by atoms with Gasteiger partial charge in [-0.3, -0.25) is 4.79 Å². The first-order valence-corrected chi connectivity index (χ1v) is 8.33. The number of amides is 1. The Labute approximate surface area is 129 Å². The summed E-state index contributed by atoms with van der Waals surface area (Å²) < 4.78 is 0. The van der Waals surface area contributed by atoms with Gasteiger partial charge in [-0.25, -0.2) is 4.98 Å². The van der Waals surface area contributed by atoms with Gasteiger partial charge in [-0.15, -0.1) is 11.3 Å². The van der Waals surface area contributed by atoms with Crippen LogP contribution >= 0.6 is 23.6 Å². The quantitative estimate of drug-likeness (QED) is 0.820. The number of aromatic nitrogens is 1. The molecular formula is C14H21N3OS2. The van der Waals surface area contributed by atoms with Crippen LogP contribution in [0.5, 0.6) is 0 Å². The van der Waals surface area contributed by atoms with E-state index in [0.717, 1.165) is 43.5 Å². The van der Waals surface area contributed by atoms with E-state index >= 15 is 0 Å². The highest BCUT2D eigenvalue weighted by Gasteiger charge is 2.42. The maximum Gasteiger partial charge on any atom is 0.233 e. The molecule has 0 bridgehead atoms. The number of rotatable bonds is 5. The lowest BCUT2D eigenvalue weighted by Gasteiger charge is -2.34. The van der Waals surface area contributed by atoms with Crippen LogP contribution in [0.25, 0.3) is 0 Å². The van der Waals surface area contributed by atoms with Crippen molar-refractivity contribution < 1.29 is 4.79 Å². The van der Waals surface area contributed by atoms with E-state index in [1.165, 1.54) is 4.88 Å². The topological polar surface area (TPSA) is 68.0 Å². The molecule has 0 atom stereocenters. The van der Waals surface area contributed by atoms with Gasteiger partial charge in [0.25, 0.3) is 0 Å². The van der Waals surface area contributed by atoms with Gasteiger partial charge >= 0.3 is 0 Å². The Morgan fingerprint density at radius 1 is 1.50 bits per heavy atom. The maximum absolute atomic E-state index is 12.5. The van der Waals surface area contributed by atoms with Crippen LogP contribution in [0.3, 0.4) is 0 Å². The van der Waals surface area contributed by atoms with Crippen molar-refractivity contribution in [1.82, 2.24) is 10.3 Å². The molecule has 3 N–H and O–H groups in total. The molecule has 2 rings (SSSR count). The number of nitrogens with two attached hydrogens (primary N) is 1. The molecule has 20 heavy (non-hydrogen) atoms. The molecule has 1 aromatic heterocycles. The Morgan fingerprint density at radius 2 is 2.20 bits per heavy atom. The van der Waals surface area contributed by atoms with Crippen molar-refractivity contribution in [2.24, 2.45) is 11.1 Å². The van der Waals surface area contributed by atoms with Crippen molar-refractivity contribution in [1.29, 1.82) is 0 Å². The van der Waals surface area contributed by atoms with Crippen LogP contribution in [0.2, 0.25) is 0 Å². The van der Waals surface area contributed by atoms with Crippen LogP contribution in [0.4, 0.5) is 0 Å². The van der Waals surface area contributed by atoms with E-state index in [4.69, 9.17) is 18.0 Å². The first-order valence-electron chi connectivity index (χ1n) is 7.10. The molecular weight excluding hydrogens is 290 g/mol. The van der Waals surface area contributed by atoms with Gasteiger partial charge in [-0.2, -0.15) is 0 Å². The van der Waals surface area contributed by atoms with E-state index in [-0.39, 0.29) is 5.91 Å². The van der Waals surface area contributed by atoms with Crippen molar-refractivity contribution in [3.8, 4) is 0 Å².